The molecule has 0 bridgehead atoms. The molecule has 0 saturated heterocycles. The first kappa shape index (κ1) is 33.4. The van der Waals surface area contributed by atoms with Crippen LogP contribution in [0.25, 0.3) is 49.5 Å². The van der Waals surface area contributed by atoms with E-state index >= 15 is 0 Å². The minimum atomic E-state index is -0.157. The molecule has 1 N–H and O–H groups in total. The van der Waals surface area contributed by atoms with Gasteiger partial charge in [-0.1, -0.05) is 159 Å². The first-order valence-electron chi connectivity index (χ1n) is 20.1. The summed E-state index contributed by atoms with van der Waals surface area (Å²) in [6.45, 7) is 4.74. The first-order valence-corrected chi connectivity index (χ1v) is 20.1. The number of amidine groups is 1. The molecule has 8 aromatic rings. The van der Waals surface area contributed by atoms with E-state index in [1.807, 2.05) is 0 Å². The fourth-order valence-electron chi connectivity index (χ4n) is 9.52. The fraction of sp³-hybridized carbons (Fsp3) is 0.113. The molecule has 274 valence electrons. The van der Waals surface area contributed by atoms with E-state index in [9.17, 15) is 0 Å². The molecule has 0 fully saturated rings. The lowest BCUT2D eigenvalue weighted by molar-refractivity contribution is 0.628. The molecule has 57 heavy (non-hydrogen) atoms. The maximum Gasteiger partial charge on any atom is 0.138 e. The van der Waals surface area contributed by atoms with E-state index in [2.05, 4.69) is 211 Å². The van der Waals surface area contributed by atoms with E-state index in [0.29, 0.717) is 0 Å². The van der Waals surface area contributed by atoms with E-state index < -0.39 is 0 Å². The Bertz CT molecular complexity index is 3010. The van der Waals surface area contributed by atoms with Crippen molar-refractivity contribution in [3.63, 3.8) is 0 Å². The van der Waals surface area contributed by atoms with Gasteiger partial charge in [0, 0.05) is 33.1 Å². The van der Waals surface area contributed by atoms with Crippen LogP contribution in [0.3, 0.4) is 0 Å². The number of nitrogens with zero attached hydrogens (tertiary/aromatic N) is 3. The molecule has 0 spiro atoms. The number of nitrogens with one attached hydrogen (secondary N) is 1. The Morgan fingerprint density at radius 1 is 0.649 bits per heavy atom. The summed E-state index contributed by atoms with van der Waals surface area (Å²) in [5.41, 5.74) is 13.3. The zero-order valence-electron chi connectivity index (χ0n) is 32.2. The summed E-state index contributed by atoms with van der Waals surface area (Å²) in [6.07, 6.45) is 11.1. The average molecular weight is 735 g/mol. The lowest BCUT2D eigenvalue weighted by Crippen LogP contribution is -2.32. The maximum atomic E-state index is 5.42. The summed E-state index contributed by atoms with van der Waals surface area (Å²) in [6, 6.07) is 57.4. The van der Waals surface area contributed by atoms with Gasteiger partial charge in [0.15, 0.2) is 0 Å². The van der Waals surface area contributed by atoms with Crippen LogP contribution in [0.15, 0.2) is 193 Å². The Hall–Kier alpha value is -6.91. The number of allylic oxidation sites excluding steroid dienone is 4. The highest BCUT2D eigenvalue weighted by molar-refractivity contribution is 6.25. The van der Waals surface area contributed by atoms with Gasteiger partial charge in [0.2, 0.25) is 0 Å². The Labute approximate surface area is 333 Å². The Morgan fingerprint density at radius 2 is 1.40 bits per heavy atom. The van der Waals surface area contributed by atoms with Gasteiger partial charge in [-0.25, -0.2) is 4.99 Å². The van der Waals surface area contributed by atoms with Crippen LogP contribution in [0.4, 0.5) is 11.4 Å². The number of hydrogen-bond acceptors (Lipinski definition) is 3. The average Bonchev–Trinajstić information content (AvgIpc) is 3.62. The number of aliphatic imine (C=N–C) groups is 1. The number of anilines is 2. The van der Waals surface area contributed by atoms with Crippen molar-refractivity contribution in [3.8, 4) is 11.1 Å². The molecule has 0 saturated carbocycles. The molecule has 3 aliphatic rings. The second-order valence-corrected chi connectivity index (χ2v) is 15.9. The molecule has 0 amide bonds. The lowest BCUT2D eigenvalue weighted by Gasteiger charge is -2.43. The van der Waals surface area contributed by atoms with Crippen LogP contribution >= 0.6 is 0 Å². The number of rotatable bonds is 5. The molecular formula is C53H42N4. The van der Waals surface area contributed by atoms with Gasteiger partial charge in [-0.05, 0) is 87.8 Å². The highest BCUT2D eigenvalue weighted by atomic mass is 15.2. The number of benzene rings is 7. The standard InChI is InChI=1S/C53H42N4/c1-53(2)42-26-14-15-27-45(42)56(39-22-10-5-11-23-39)48-33-38(29-31-43(48)53)41-25-16-28-46-51(41)50-40-24-13-12-17-35(40)30-32-47(50)57(46)49-34-44(36-18-6-3-7-19-36)54-52(55-49)37-20-8-4-9-21-37/h3-10,12-22,24-34,44H,11,23H2,1-2H3,(H,54,55). The van der Waals surface area contributed by atoms with Gasteiger partial charge >= 0.3 is 0 Å². The van der Waals surface area contributed by atoms with Gasteiger partial charge in [-0.15, -0.1) is 0 Å². The number of para-hydroxylation sites is 1. The minimum Gasteiger partial charge on any atom is -0.359 e. The summed E-state index contributed by atoms with van der Waals surface area (Å²) < 4.78 is 2.39. The number of aromatic nitrogens is 1. The maximum absolute atomic E-state index is 5.42. The number of hydrogen-bond donors (Lipinski definition) is 1. The van der Waals surface area contributed by atoms with Crippen molar-refractivity contribution in [3.05, 3.63) is 210 Å². The highest BCUT2D eigenvalue weighted by Crippen LogP contribution is 2.52. The second kappa shape index (κ2) is 13.1. The fourth-order valence-corrected chi connectivity index (χ4v) is 9.52. The lowest BCUT2D eigenvalue weighted by atomic mass is 9.73. The normalized spacial score (nSPS) is 17.1. The molecular weight excluding hydrogens is 693 g/mol. The van der Waals surface area contributed by atoms with Crippen LogP contribution in [0.5, 0.6) is 0 Å². The molecule has 3 heterocycles. The second-order valence-electron chi connectivity index (χ2n) is 15.9. The van der Waals surface area contributed by atoms with Gasteiger partial charge in [0.05, 0.1) is 22.8 Å². The molecule has 2 aliphatic heterocycles. The van der Waals surface area contributed by atoms with Crippen LogP contribution in [-0.2, 0) is 5.41 Å². The van der Waals surface area contributed by atoms with Crippen LogP contribution in [-0.4, -0.2) is 10.4 Å². The monoisotopic (exact) mass is 734 g/mol. The van der Waals surface area contributed by atoms with Crippen LogP contribution in [0.1, 0.15) is 55.0 Å². The van der Waals surface area contributed by atoms with E-state index in [-0.39, 0.29) is 11.5 Å². The summed E-state index contributed by atoms with van der Waals surface area (Å²) in [7, 11) is 0. The van der Waals surface area contributed by atoms with E-state index in [1.54, 1.807) is 0 Å². The van der Waals surface area contributed by atoms with E-state index in [4.69, 9.17) is 4.99 Å². The van der Waals surface area contributed by atoms with Crippen molar-refractivity contribution in [2.75, 3.05) is 4.90 Å². The summed E-state index contributed by atoms with van der Waals surface area (Å²) in [5.74, 6) is 1.76. The molecule has 7 aromatic carbocycles. The van der Waals surface area contributed by atoms with Crippen LogP contribution < -0.4 is 10.2 Å². The quantitative estimate of drug-likeness (QED) is 0.191. The van der Waals surface area contributed by atoms with Gasteiger partial charge < -0.3 is 10.2 Å². The summed E-state index contributed by atoms with van der Waals surface area (Å²) in [5, 5.41) is 8.70. The molecule has 0 radical (unpaired) electrons. The zero-order chi connectivity index (χ0) is 38.1. The summed E-state index contributed by atoms with van der Waals surface area (Å²) >= 11 is 0. The SMILES string of the molecule is CC1(C)c2ccccc2N(C2=CC=CCC2)c2cc(-c3cccc4c3c3c5ccccc5ccc3n4C3=CC(c4ccccc4)NC(c4ccccc4)=N3)ccc21. The predicted molar refractivity (Wildman–Crippen MR) is 239 cm³/mol. The third-order valence-electron chi connectivity index (χ3n) is 12.3. The van der Waals surface area contributed by atoms with Crippen LogP contribution in [0, 0.1) is 0 Å². The zero-order valence-corrected chi connectivity index (χ0v) is 32.2. The smallest absolute Gasteiger partial charge is 0.138 e. The largest absolute Gasteiger partial charge is 0.359 e. The Morgan fingerprint density at radius 3 is 2.25 bits per heavy atom. The van der Waals surface area contributed by atoms with Crippen molar-refractivity contribution < 1.29 is 0 Å². The van der Waals surface area contributed by atoms with Crippen molar-refractivity contribution in [1.82, 2.24) is 9.88 Å². The third kappa shape index (κ3) is 5.32. The first-order chi connectivity index (χ1) is 28.0. The Kier molecular flexibility index (Phi) is 7.68. The van der Waals surface area contributed by atoms with Crippen molar-refractivity contribution >= 4 is 55.6 Å². The highest BCUT2D eigenvalue weighted by Gasteiger charge is 2.37. The van der Waals surface area contributed by atoms with Gasteiger partial charge in [-0.3, -0.25) is 4.57 Å². The molecule has 4 heteroatoms. The van der Waals surface area contributed by atoms with Gasteiger partial charge in [0.25, 0.3) is 0 Å². The molecule has 4 nitrogen and oxygen atoms in total. The third-order valence-corrected chi connectivity index (χ3v) is 12.3. The summed E-state index contributed by atoms with van der Waals surface area (Å²) in [4.78, 5) is 7.95. The molecule has 1 aliphatic carbocycles. The molecule has 1 atom stereocenters. The van der Waals surface area contributed by atoms with Gasteiger partial charge in [0.1, 0.15) is 11.7 Å². The molecule has 1 aromatic heterocycles. The topological polar surface area (TPSA) is 32.6 Å². The van der Waals surface area contributed by atoms with Gasteiger partial charge in [-0.2, -0.15) is 0 Å². The number of fused-ring (bicyclic) bond motifs is 7. The van der Waals surface area contributed by atoms with Crippen molar-refractivity contribution in [2.45, 2.75) is 38.1 Å². The van der Waals surface area contributed by atoms with E-state index in [0.717, 1.165) is 41.1 Å². The van der Waals surface area contributed by atoms with Crippen molar-refractivity contribution in [1.29, 1.82) is 0 Å². The minimum absolute atomic E-state index is 0.0631. The Balaban J connectivity index is 1.18. The molecule has 11 rings (SSSR count). The van der Waals surface area contributed by atoms with E-state index in [1.165, 1.54) is 66.4 Å². The van der Waals surface area contributed by atoms with Crippen molar-refractivity contribution in [2.24, 2.45) is 4.99 Å². The van der Waals surface area contributed by atoms with Crippen LogP contribution in [0.2, 0.25) is 0 Å². The predicted octanol–water partition coefficient (Wildman–Crippen LogP) is 13.2. The molecule has 1 unspecified atom stereocenters.